The van der Waals surface area contributed by atoms with Crippen molar-refractivity contribution in [3.63, 3.8) is 0 Å². The molecule has 1 aromatic carbocycles. The lowest BCUT2D eigenvalue weighted by molar-refractivity contribution is -0.130. The van der Waals surface area contributed by atoms with Crippen molar-refractivity contribution < 1.29 is 9.59 Å². The molecule has 1 saturated heterocycles. The molecule has 6 heteroatoms. The predicted molar refractivity (Wildman–Crippen MR) is 116 cm³/mol. The Kier molecular flexibility index (Phi) is 7.22. The molecule has 2 amide bonds. The summed E-state index contributed by atoms with van der Waals surface area (Å²) in [5.41, 5.74) is 2.79. The average Bonchev–Trinajstić information content (AvgIpc) is 2.73. The van der Waals surface area contributed by atoms with E-state index in [-0.39, 0.29) is 18.2 Å². The summed E-state index contributed by atoms with van der Waals surface area (Å²) < 4.78 is 0. The lowest BCUT2D eigenvalue weighted by Crippen LogP contribution is -2.32. The highest BCUT2D eigenvalue weighted by molar-refractivity contribution is 5.91. The number of nitrogens with one attached hydrogen (secondary N) is 1. The van der Waals surface area contributed by atoms with Crippen LogP contribution in [0.3, 0.4) is 0 Å². The van der Waals surface area contributed by atoms with E-state index >= 15 is 0 Å². The molecular formula is C23H30N4O2. The largest absolute Gasteiger partial charge is 0.372 e. The number of anilines is 2. The summed E-state index contributed by atoms with van der Waals surface area (Å²) in [6, 6.07) is 13.6. The van der Waals surface area contributed by atoms with Gasteiger partial charge in [0.25, 0.3) is 0 Å². The molecule has 29 heavy (non-hydrogen) atoms. The molecule has 0 bridgehead atoms. The van der Waals surface area contributed by atoms with Crippen LogP contribution in [-0.4, -0.2) is 41.3 Å². The molecule has 1 aromatic heterocycles. The van der Waals surface area contributed by atoms with Gasteiger partial charge in [-0.2, -0.15) is 0 Å². The quantitative estimate of drug-likeness (QED) is 0.778. The zero-order valence-corrected chi connectivity index (χ0v) is 17.3. The van der Waals surface area contributed by atoms with Gasteiger partial charge in [0.05, 0.1) is 12.2 Å². The summed E-state index contributed by atoms with van der Waals surface area (Å²) >= 11 is 0. The molecular weight excluding hydrogens is 364 g/mol. The van der Waals surface area contributed by atoms with Gasteiger partial charge in [0.1, 0.15) is 0 Å². The number of aromatic nitrogens is 1. The predicted octanol–water partition coefficient (Wildman–Crippen LogP) is 3.70. The minimum atomic E-state index is -0.100. The minimum absolute atomic E-state index is 0.0661. The Morgan fingerprint density at radius 3 is 2.48 bits per heavy atom. The van der Waals surface area contributed by atoms with Crippen LogP contribution >= 0.6 is 0 Å². The third-order valence-corrected chi connectivity index (χ3v) is 5.43. The topological polar surface area (TPSA) is 65.5 Å². The molecule has 0 spiro atoms. The van der Waals surface area contributed by atoms with E-state index in [1.54, 1.807) is 11.1 Å². The van der Waals surface area contributed by atoms with Crippen LogP contribution in [0, 0.1) is 5.92 Å². The highest BCUT2D eigenvalue weighted by atomic mass is 16.2. The number of rotatable bonds is 7. The van der Waals surface area contributed by atoms with Gasteiger partial charge in [-0.15, -0.1) is 0 Å². The fraction of sp³-hybridized carbons (Fsp3) is 0.435. The van der Waals surface area contributed by atoms with E-state index in [1.807, 2.05) is 30.3 Å². The number of nitrogens with zero attached hydrogens (tertiary/aromatic N) is 3. The first kappa shape index (κ1) is 20.8. The second-order valence-electron chi connectivity index (χ2n) is 7.78. The van der Waals surface area contributed by atoms with Crippen molar-refractivity contribution >= 4 is 23.2 Å². The molecule has 3 rings (SSSR count). The molecule has 2 aromatic rings. The van der Waals surface area contributed by atoms with Crippen LogP contribution in [0.25, 0.3) is 0 Å². The maximum Gasteiger partial charge on any atom is 0.226 e. The maximum atomic E-state index is 12.3. The Labute approximate surface area is 172 Å². The summed E-state index contributed by atoms with van der Waals surface area (Å²) in [6.07, 6.45) is 4.40. The molecule has 1 fully saturated rings. The standard InChI is InChI=1S/C23H30N4O2/c1-18-10-14-26(15-11-18)22-8-6-20(7-9-22)25-23(29)12-16-27(19(2)28)17-21-5-3-4-13-24-21/h3-9,13,18H,10-12,14-17H2,1-2H3,(H,25,29). The first-order valence-corrected chi connectivity index (χ1v) is 10.3. The molecule has 1 aliphatic heterocycles. The monoisotopic (exact) mass is 394 g/mol. The van der Waals surface area contributed by atoms with E-state index in [9.17, 15) is 9.59 Å². The van der Waals surface area contributed by atoms with Crippen molar-refractivity contribution in [2.24, 2.45) is 5.92 Å². The first-order valence-electron chi connectivity index (χ1n) is 10.3. The Hall–Kier alpha value is -2.89. The first-order chi connectivity index (χ1) is 14.0. The van der Waals surface area contributed by atoms with Crippen molar-refractivity contribution in [3.05, 3.63) is 54.4 Å². The van der Waals surface area contributed by atoms with Gasteiger partial charge < -0.3 is 15.1 Å². The van der Waals surface area contributed by atoms with Gasteiger partial charge in [0, 0.05) is 50.6 Å². The highest BCUT2D eigenvalue weighted by Crippen LogP contribution is 2.24. The second-order valence-corrected chi connectivity index (χ2v) is 7.78. The number of carbonyl (C=O) groups excluding carboxylic acids is 2. The Bertz CT molecular complexity index is 799. The van der Waals surface area contributed by atoms with Crippen LogP contribution in [0.2, 0.25) is 0 Å². The van der Waals surface area contributed by atoms with Crippen molar-refractivity contribution in [2.45, 2.75) is 39.7 Å². The Balaban J connectivity index is 1.48. The smallest absolute Gasteiger partial charge is 0.226 e. The SMILES string of the molecule is CC(=O)N(CCC(=O)Nc1ccc(N2CCC(C)CC2)cc1)Cc1ccccn1. The zero-order valence-electron chi connectivity index (χ0n) is 17.3. The molecule has 154 valence electrons. The van der Waals surface area contributed by atoms with Crippen molar-refractivity contribution in [1.82, 2.24) is 9.88 Å². The van der Waals surface area contributed by atoms with Crippen LogP contribution in [0.5, 0.6) is 0 Å². The van der Waals surface area contributed by atoms with Crippen LogP contribution < -0.4 is 10.2 Å². The molecule has 1 aliphatic rings. The molecule has 1 N–H and O–H groups in total. The van der Waals surface area contributed by atoms with Crippen molar-refractivity contribution in [1.29, 1.82) is 0 Å². The average molecular weight is 395 g/mol. The summed E-state index contributed by atoms with van der Waals surface area (Å²) in [4.78, 5) is 32.5. The van der Waals surface area contributed by atoms with Gasteiger partial charge in [-0.05, 0) is 55.2 Å². The second kappa shape index (κ2) is 10.0. The molecule has 0 saturated carbocycles. The van der Waals surface area contributed by atoms with Gasteiger partial charge in [-0.1, -0.05) is 13.0 Å². The number of piperidine rings is 1. The summed E-state index contributed by atoms with van der Waals surface area (Å²) in [6.45, 7) is 6.77. The molecule has 0 atom stereocenters. The highest BCUT2D eigenvalue weighted by Gasteiger charge is 2.16. The molecule has 6 nitrogen and oxygen atoms in total. The third-order valence-electron chi connectivity index (χ3n) is 5.43. The molecule has 0 radical (unpaired) electrons. The fourth-order valence-electron chi connectivity index (χ4n) is 3.52. The van der Waals surface area contributed by atoms with E-state index in [2.05, 4.69) is 34.3 Å². The van der Waals surface area contributed by atoms with Gasteiger partial charge in [0.2, 0.25) is 11.8 Å². The maximum absolute atomic E-state index is 12.3. The van der Waals surface area contributed by atoms with E-state index < -0.39 is 0 Å². The van der Waals surface area contributed by atoms with Crippen molar-refractivity contribution in [2.75, 3.05) is 29.9 Å². The minimum Gasteiger partial charge on any atom is -0.372 e. The third kappa shape index (κ3) is 6.31. The van der Waals surface area contributed by atoms with Crippen molar-refractivity contribution in [3.8, 4) is 0 Å². The van der Waals surface area contributed by atoms with Crippen LogP contribution in [0.1, 0.15) is 38.8 Å². The van der Waals surface area contributed by atoms with E-state index in [0.717, 1.165) is 30.4 Å². The van der Waals surface area contributed by atoms with E-state index in [4.69, 9.17) is 0 Å². The van der Waals surface area contributed by atoms with Gasteiger partial charge in [0.15, 0.2) is 0 Å². The van der Waals surface area contributed by atoms with Gasteiger partial charge in [-0.3, -0.25) is 14.6 Å². The number of carbonyl (C=O) groups is 2. The van der Waals surface area contributed by atoms with E-state index in [0.29, 0.717) is 13.1 Å². The summed E-state index contributed by atoms with van der Waals surface area (Å²) in [5, 5.41) is 2.93. The lowest BCUT2D eigenvalue weighted by atomic mass is 9.99. The lowest BCUT2D eigenvalue weighted by Gasteiger charge is -2.32. The summed E-state index contributed by atoms with van der Waals surface area (Å²) in [7, 11) is 0. The van der Waals surface area contributed by atoms with Crippen LogP contribution in [0.4, 0.5) is 11.4 Å². The number of pyridine rings is 1. The van der Waals surface area contributed by atoms with Crippen LogP contribution in [-0.2, 0) is 16.1 Å². The molecule has 0 unspecified atom stereocenters. The number of hydrogen-bond donors (Lipinski definition) is 1. The number of benzene rings is 1. The van der Waals surface area contributed by atoms with E-state index in [1.165, 1.54) is 25.5 Å². The molecule has 0 aliphatic carbocycles. The zero-order chi connectivity index (χ0) is 20.6. The Morgan fingerprint density at radius 1 is 1.14 bits per heavy atom. The molecule has 2 heterocycles. The summed E-state index contributed by atoms with van der Waals surface area (Å²) in [5.74, 6) is 0.637. The number of hydrogen-bond acceptors (Lipinski definition) is 4. The normalized spacial score (nSPS) is 14.5. The number of amides is 2. The van der Waals surface area contributed by atoms with Crippen LogP contribution in [0.15, 0.2) is 48.7 Å². The van der Waals surface area contributed by atoms with Gasteiger partial charge in [-0.25, -0.2) is 0 Å². The Morgan fingerprint density at radius 2 is 1.86 bits per heavy atom. The van der Waals surface area contributed by atoms with Gasteiger partial charge >= 0.3 is 0 Å². The fourth-order valence-corrected chi connectivity index (χ4v) is 3.52.